The van der Waals surface area contributed by atoms with E-state index in [9.17, 15) is 29.1 Å². The molecular formula is C42H63N7O6. The van der Waals surface area contributed by atoms with Gasteiger partial charge >= 0.3 is 5.97 Å². The van der Waals surface area contributed by atoms with E-state index in [0.29, 0.717) is 38.0 Å². The van der Waals surface area contributed by atoms with Gasteiger partial charge in [-0.1, -0.05) is 62.4 Å². The van der Waals surface area contributed by atoms with E-state index in [-0.39, 0.29) is 43.3 Å². The van der Waals surface area contributed by atoms with Crippen molar-refractivity contribution in [2.75, 3.05) is 44.7 Å². The number of hydrogen-bond donors (Lipinski definition) is 5. The molecule has 2 aromatic carbocycles. The quantitative estimate of drug-likeness (QED) is 0.127. The maximum absolute atomic E-state index is 14.5. The normalized spacial score (nSPS) is 18.1. The van der Waals surface area contributed by atoms with Crippen LogP contribution in [0.15, 0.2) is 54.6 Å². The van der Waals surface area contributed by atoms with Crippen molar-refractivity contribution >= 4 is 35.3 Å². The third-order valence-electron chi connectivity index (χ3n) is 10.9. The molecule has 55 heavy (non-hydrogen) atoms. The minimum atomic E-state index is -1.01. The number of hydrogen-bond acceptors (Lipinski definition) is 8. The SMILES string of the molecule is CNCCCC[C@@H](NC(=O)[C@@H](CC(C)C)NC(=O)[C@@H](Cc1ccccc1)N(C(=O)CN)c1ccccc1C)C(=O)N1CCC(N2CCC[C@H]2CC(=O)O)CC1. The smallest absolute Gasteiger partial charge is 0.304 e. The number of carboxylic acid groups (broad SMARTS) is 1. The molecule has 2 aliphatic heterocycles. The number of likely N-dealkylation sites (tertiary alicyclic amines) is 2. The molecule has 0 aliphatic carbocycles. The summed E-state index contributed by atoms with van der Waals surface area (Å²) in [4.78, 5) is 73.5. The number of carboxylic acids is 1. The largest absolute Gasteiger partial charge is 0.481 e. The molecule has 2 fully saturated rings. The predicted octanol–water partition coefficient (Wildman–Crippen LogP) is 3.23. The molecule has 0 saturated carbocycles. The van der Waals surface area contributed by atoms with Crippen LogP contribution in [0, 0.1) is 12.8 Å². The Morgan fingerprint density at radius 2 is 1.56 bits per heavy atom. The van der Waals surface area contributed by atoms with Crippen molar-refractivity contribution < 1.29 is 29.1 Å². The van der Waals surface area contributed by atoms with Gasteiger partial charge in [-0.2, -0.15) is 0 Å². The summed E-state index contributed by atoms with van der Waals surface area (Å²) in [5.41, 5.74) is 8.13. The molecule has 2 aliphatic rings. The first kappa shape index (κ1) is 43.4. The minimum Gasteiger partial charge on any atom is -0.481 e. The Bertz CT molecular complexity index is 1560. The minimum absolute atomic E-state index is 0.0288. The van der Waals surface area contributed by atoms with Crippen LogP contribution in [0.2, 0.25) is 0 Å². The Morgan fingerprint density at radius 3 is 2.20 bits per heavy atom. The zero-order valence-corrected chi connectivity index (χ0v) is 33.2. The van der Waals surface area contributed by atoms with Crippen molar-refractivity contribution in [3.63, 3.8) is 0 Å². The number of benzene rings is 2. The average Bonchev–Trinajstić information content (AvgIpc) is 3.63. The Balaban J connectivity index is 1.54. The van der Waals surface area contributed by atoms with Gasteiger partial charge in [0.05, 0.1) is 13.0 Å². The van der Waals surface area contributed by atoms with Crippen LogP contribution in [0.3, 0.4) is 0 Å². The number of piperidine rings is 1. The van der Waals surface area contributed by atoms with E-state index in [0.717, 1.165) is 56.3 Å². The van der Waals surface area contributed by atoms with Crippen LogP contribution in [-0.4, -0.2) is 114 Å². The average molecular weight is 762 g/mol. The Morgan fingerprint density at radius 1 is 0.891 bits per heavy atom. The molecule has 4 rings (SSSR count). The van der Waals surface area contributed by atoms with Gasteiger partial charge in [0.25, 0.3) is 0 Å². The standard InChI is InChI=1S/C42H63N7O6/c1-29(2)25-35(46-41(54)37(26-31-14-6-5-7-15-31)49(38(50)28-43)36-18-9-8-13-30(36)3)40(53)45-34(17-10-11-21-44-4)42(55)47-23-19-32(20-24-47)48-22-12-16-33(48)27-39(51)52/h5-9,13-15,18,29,32-35,37,44H,10-12,16-17,19-28,43H2,1-4H3,(H,45,53)(H,46,54)(H,51,52)/t33-,34+,35+,37+/m0/s1. The van der Waals surface area contributed by atoms with Crippen molar-refractivity contribution in [1.29, 1.82) is 0 Å². The van der Waals surface area contributed by atoms with Gasteiger partial charge in [0.15, 0.2) is 0 Å². The Kier molecular flexibility index (Phi) is 17.1. The van der Waals surface area contributed by atoms with Crippen LogP contribution < -0.4 is 26.6 Å². The summed E-state index contributed by atoms with van der Waals surface area (Å²) >= 11 is 0. The molecule has 302 valence electrons. The van der Waals surface area contributed by atoms with Gasteiger partial charge in [-0.15, -0.1) is 0 Å². The van der Waals surface area contributed by atoms with Crippen molar-refractivity contribution in [2.45, 2.75) is 115 Å². The van der Waals surface area contributed by atoms with Crippen molar-refractivity contribution in [3.8, 4) is 0 Å². The number of aryl methyl sites for hydroxylation is 1. The topological polar surface area (TPSA) is 177 Å². The highest BCUT2D eigenvalue weighted by atomic mass is 16.4. The highest BCUT2D eigenvalue weighted by Crippen LogP contribution is 2.29. The summed E-state index contributed by atoms with van der Waals surface area (Å²) in [5.74, 6) is -2.25. The fourth-order valence-electron chi connectivity index (χ4n) is 8.10. The van der Waals surface area contributed by atoms with Gasteiger partial charge in [0.1, 0.15) is 18.1 Å². The first-order valence-electron chi connectivity index (χ1n) is 20.1. The van der Waals surface area contributed by atoms with E-state index in [1.807, 2.05) is 81.2 Å². The summed E-state index contributed by atoms with van der Waals surface area (Å²) in [6, 6.07) is 14.3. The molecule has 0 bridgehead atoms. The second-order valence-electron chi connectivity index (χ2n) is 15.5. The van der Waals surface area contributed by atoms with Crippen LogP contribution in [0.4, 0.5) is 5.69 Å². The third kappa shape index (κ3) is 12.6. The van der Waals surface area contributed by atoms with Gasteiger partial charge in [-0.25, -0.2) is 0 Å². The molecule has 13 heteroatoms. The van der Waals surface area contributed by atoms with E-state index < -0.39 is 41.8 Å². The van der Waals surface area contributed by atoms with Gasteiger partial charge < -0.3 is 31.7 Å². The summed E-state index contributed by atoms with van der Waals surface area (Å²) in [5, 5.41) is 18.6. The predicted molar refractivity (Wildman–Crippen MR) is 214 cm³/mol. The Labute approximate surface area is 326 Å². The second kappa shape index (κ2) is 21.7. The molecule has 2 heterocycles. The summed E-state index contributed by atoms with van der Waals surface area (Å²) in [6.45, 7) is 8.21. The van der Waals surface area contributed by atoms with Crippen LogP contribution >= 0.6 is 0 Å². The number of amides is 4. The van der Waals surface area contributed by atoms with E-state index in [2.05, 4.69) is 20.9 Å². The first-order valence-corrected chi connectivity index (χ1v) is 20.1. The molecule has 0 aromatic heterocycles. The van der Waals surface area contributed by atoms with E-state index in [1.165, 1.54) is 4.90 Å². The molecule has 2 aromatic rings. The number of nitrogens with one attached hydrogen (secondary N) is 3. The van der Waals surface area contributed by atoms with Crippen LogP contribution in [0.1, 0.15) is 82.8 Å². The Hall–Kier alpha value is -4.33. The molecule has 6 N–H and O–H groups in total. The molecule has 2 saturated heterocycles. The highest BCUT2D eigenvalue weighted by molar-refractivity contribution is 6.03. The lowest BCUT2D eigenvalue weighted by molar-refractivity contribution is -0.139. The maximum Gasteiger partial charge on any atom is 0.304 e. The van der Waals surface area contributed by atoms with Crippen LogP contribution in [0.5, 0.6) is 0 Å². The summed E-state index contributed by atoms with van der Waals surface area (Å²) < 4.78 is 0. The zero-order valence-electron chi connectivity index (χ0n) is 33.2. The lowest BCUT2D eigenvalue weighted by Gasteiger charge is -2.40. The van der Waals surface area contributed by atoms with Gasteiger partial charge in [-0.3, -0.25) is 33.8 Å². The van der Waals surface area contributed by atoms with Crippen LogP contribution in [-0.2, 0) is 30.4 Å². The number of para-hydroxylation sites is 1. The lowest BCUT2D eigenvalue weighted by atomic mass is 9.98. The maximum atomic E-state index is 14.5. The molecule has 0 radical (unpaired) electrons. The monoisotopic (exact) mass is 761 g/mol. The second-order valence-corrected chi connectivity index (χ2v) is 15.5. The van der Waals surface area contributed by atoms with E-state index >= 15 is 0 Å². The molecule has 13 nitrogen and oxygen atoms in total. The summed E-state index contributed by atoms with van der Waals surface area (Å²) in [6.07, 6.45) is 5.99. The number of nitrogens with zero attached hydrogens (tertiary/aromatic N) is 3. The fourth-order valence-corrected chi connectivity index (χ4v) is 8.10. The molecule has 4 amide bonds. The third-order valence-corrected chi connectivity index (χ3v) is 10.9. The van der Waals surface area contributed by atoms with Crippen molar-refractivity contribution in [3.05, 3.63) is 65.7 Å². The number of anilines is 1. The fraction of sp³-hybridized carbons (Fsp3) is 0.595. The van der Waals surface area contributed by atoms with Gasteiger partial charge in [0.2, 0.25) is 23.6 Å². The van der Waals surface area contributed by atoms with Crippen molar-refractivity contribution in [1.82, 2.24) is 25.8 Å². The number of aliphatic carboxylic acids is 1. The molecule has 0 spiro atoms. The van der Waals surface area contributed by atoms with E-state index in [1.54, 1.807) is 6.07 Å². The molecule has 4 atom stereocenters. The number of nitrogens with two attached hydrogens (primary N) is 1. The number of carbonyl (C=O) groups is 5. The number of rotatable bonds is 20. The van der Waals surface area contributed by atoms with Crippen LogP contribution in [0.25, 0.3) is 0 Å². The molecular weight excluding hydrogens is 699 g/mol. The number of unbranched alkanes of at least 4 members (excludes halogenated alkanes) is 1. The first-order chi connectivity index (χ1) is 26.4. The number of carbonyl (C=O) groups excluding carboxylic acids is 4. The lowest BCUT2D eigenvalue weighted by Crippen LogP contribution is -2.59. The highest BCUT2D eigenvalue weighted by Gasteiger charge is 2.38. The zero-order chi connectivity index (χ0) is 39.9. The van der Waals surface area contributed by atoms with Gasteiger partial charge in [-0.05, 0) is 102 Å². The van der Waals surface area contributed by atoms with Crippen molar-refractivity contribution in [2.24, 2.45) is 11.7 Å². The summed E-state index contributed by atoms with van der Waals surface area (Å²) in [7, 11) is 1.88. The molecule has 0 unspecified atom stereocenters. The van der Waals surface area contributed by atoms with Gasteiger partial charge in [0, 0.05) is 37.3 Å². The van der Waals surface area contributed by atoms with E-state index in [4.69, 9.17) is 5.73 Å².